The van der Waals surface area contributed by atoms with Crippen LogP contribution < -0.4 is 4.74 Å². The maximum atomic E-state index is 11.2. The van der Waals surface area contributed by atoms with E-state index in [0.29, 0.717) is 5.06 Å². The van der Waals surface area contributed by atoms with E-state index < -0.39 is 6.16 Å². The summed E-state index contributed by atoms with van der Waals surface area (Å²) < 4.78 is 9.65. The second-order valence-corrected chi connectivity index (χ2v) is 7.01. The maximum absolute atomic E-state index is 11.2. The van der Waals surface area contributed by atoms with Crippen molar-refractivity contribution in [2.24, 2.45) is 0 Å². The Morgan fingerprint density at radius 1 is 1.30 bits per heavy atom. The number of carbonyl (C=O) groups excluding carboxylic acids is 1. The Morgan fingerprint density at radius 2 is 2.13 bits per heavy atom. The summed E-state index contributed by atoms with van der Waals surface area (Å²) in [4.78, 5) is 14.9. The molecule has 6 heteroatoms. The Hall–Kier alpha value is -1.56. The lowest BCUT2D eigenvalue weighted by atomic mass is 10.2. The first-order valence-electron chi connectivity index (χ1n) is 7.48. The van der Waals surface area contributed by atoms with Crippen LogP contribution in [-0.2, 0) is 24.1 Å². The van der Waals surface area contributed by atoms with Crippen molar-refractivity contribution < 1.29 is 14.3 Å². The van der Waals surface area contributed by atoms with Gasteiger partial charge in [0.05, 0.1) is 7.11 Å². The minimum absolute atomic E-state index is 0.616. The highest BCUT2D eigenvalue weighted by atomic mass is 35.5. The lowest BCUT2D eigenvalue weighted by Crippen LogP contribution is -2.25. The number of benzene rings is 1. The van der Waals surface area contributed by atoms with Crippen LogP contribution >= 0.6 is 22.9 Å². The first-order chi connectivity index (χ1) is 11.1. The Kier molecular flexibility index (Phi) is 5.20. The van der Waals surface area contributed by atoms with Gasteiger partial charge in [-0.15, -0.1) is 11.3 Å². The van der Waals surface area contributed by atoms with Crippen LogP contribution in [0.25, 0.3) is 0 Å². The quantitative estimate of drug-likeness (QED) is 0.779. The van der Waals surface area contributed by atoms with Crippen LogP contribution in [0.5, 0.6) is 5.06 Å². The van der Waals surface area contributed by atoms with Crippen molar-refractivity contribution in [3.8, 4) is 5.06 Å². The Morgan fingerprint density at radius 3 is 2.91 bits per heavy atom. The molecular weight excluding hydrogens is 334 g/mol. The molecule has 3 rings (SSSR count). The Bertz CT molecular complexity index is 675. The number of rotatable bonds is 3. The molecule has 2 heterocycles. The maximum Gasteiger partial charge on any atom is 0.514 e. The van der Waals surface area contributed by atoms with E-state index in [1.165, 1.54) is 34.5 Å². The molecule has 23 heavy (non-hydrogen) atoms. The van der Waals surface area contributed by atoms with Crippen LogP contribution in [-0.4, -0.2) is 31.3 Å². The number of hydrogen-bond donors (Lipinski definition) is 0. The summed E-state index contributed by atoms with van der Waals surface area (Å²) in [6, 6.07) is 9.97. The molecule has 1 aromatic carbocycles. The van der Waals surface area contributed by atoms with Crippen molar-refractivity contribution in [1.29, 1.82) is 0 Å². The molecule has 1 aliphatic rings. The van der Waals surface area contributed by atoms with E-state index in [0.717, 1.165) is 37.5 Å². The van der Waals surface area contributed by atoms with E-state index in [9.17, 15) is 4.79 Å². The molecule has 0 N–H and O–H groups in total. The zero-order chi connectivity index (χ0) is 16.2. The molecule has 122 valence electrons. The molecule has 0 unspecified atom stereocenters. The first-order valence-corrected chi connectivity index (χ1v) is 8.67. The fourth-order valence-corrected chi connectivity index (χ4v) is 3.99. The highest BCUT2D eigenvalue weighted by molar-refractivity contribution is 7.14. The van der Waals surface area contributed by atoms with E-state index in [1.54, 1.807) is 0 Å². The number of nitrogens with zero attached hydrogens (tertiary/aromatic N) is 1. The van der Waals surface area contributed by atoms with Crippen LogP contribution in [0, 0.1) is 0 Å². The number of hydrogen-bond acceptors (Lipinski definition) is 5. The van der Waals surface area contributed by atoms with E-state index in [1.807, 2.05) is 24.3 Å². The van der Waals surface area contributed by atoms with E-state index in [2.05, 4.69) is 15.7 Å². The highest BCUT2D eigenvalue weighted by Gasteiger charge is 2.19. The summed E-state index contributed by atoms with van der Waals surface area (Å²) in [7, 11) is 1.31. The fraction of sp³-hybridized carbons (Fsp3) is 0.353. The van der Waals surface area contributed by atoms with Gasteiger partial charge in [-0.25, -0.2) is 4.79 Å². The van der Waals surface area contributed by atoms with E-state index >= 15 is 0 Å². The van der Waals surface area contributed by atoms with Gasteiger partial charge in [-0.05, 0) is 42.2 Å². The molecular formula is C17H18ClNO3S. The van der Waals surface area contributed by atoms with Crippen LogP contribution in [0.2, 0.25) is 5.02 Å². The standard InChI is InChI=1S/C17H18ClNO3S/c1-21-17(20)22-16-10-13-5-7-19(8-6-15(13)23-16)11-12-3-2-4-14(18)9-12/h2-4,9-10H,5-8,11H2,1H3. The molecule has 1 aromatic heterocycles. The normalized spacial score (nSPS) is 14.9. The van der Waals surface area contributed by atoms with Crippen LogP contribution in [0.1, 0.15) is 16.0 Å². The van der Waals surface area contributed by atoms with E-state index in [4.69, 9.17) is 16.3 Å². The van der Waals surface area contributed by atoms with E-state index in [-0.39, 0.29) is 0 Å². The van der Waals surface area contributed by atoms with Crippen LogP contribution in [0.4, 0.5) is 4.79 Å². The summed E-state index contributed by atoms with van der Waals surface area (Å²) in [5, 5.41) is 1.39. The topological polar surface area (TPSA) is 38.8 Å². The van der Waals surface area contributed by atoms with Gasteiger partial charge in [-0.1, -0.05) is 23.7 Å². The number of halogens is 1. The molecule has 0 aliphatic carbocycles. The minimum atomic E-state index is -0.663. The second kappa shape index (κ2) is 7.34. The van der Waals surface area contributed by atoms with Gasteiger partial charge >= 0.3 is 6.16 Å². The van der Waals surface area contributed by atoms with Gasteiger partial charge in [0.2, 0.25) is 0 Å². The largest absolute Gasteiger partial charge is 0.514 e. The van der Waals surface area contributed by atoms with Gasteiger partial charge in [0, 0.05) is 29.5 Å². The molecule has 1 aliphatic heterocycles. The Balaban J connectivity index is 1.62. The van der Waals surface area contributed by atoms with Gasteiger partial charge in [0.1, 0.15) is 0 Å². The molecule has 0 saturated carbocycles. The number of thiophene rings is 1. The number of carbonyl (C=O) groups is 1. The highest BCUT2D eigenvalue weighted by Crippen LogP contribution is 2.32. The van der Waals surface area contributed by atoms with Crippen molar-refractivity contribution >= 4 is 29.1 Å². The van der Waals surface area contributed by atoms with Crippen LogP contribution in [0.3, 0.4) is 0 Å². The number of fused-ring (bicyclic) bond motifs is 1. The van der Waals surface area contributed by atoms with Crippen molar-refractivity contribution in [1.82, 2.24) is 4.90 Å². The van der Waals surface area contributed by atoms with Gasteiger partial charge < -0.3 is 9.47 Å². The third-order valence-corrected chi connectivity index (χ3v) is 5.22. The summed E-state index contributed by atoms with van der Waals surface area (Å²) in [6.45, 7) is 2.87. The summed E-state index contributed by atoms with van der Waals surface area (Å²) >= 11 is 7.59. The molecule has 0 fully saturated rings. The monoisotopic (exact) mass is 351 g/mol. The lowest BCUT2D eigenvalue weighted by molar-refractivity contribution is 0.123. The van der Waals surface area contributed by atoms with Gasteiger partial charge in [-0.3, -0.25) is 4.90 Å². The predicted octanol–water partition coefficient (Wildman–Crippen LogP) is 4.15. The van der Waals surface area contributed by atoms with Crippen molar-refractivity contribution in [3.63, 3.8) is 0 Å². The average Bonchev–Trinajstić information content (AvgIpc) is 2.82. The molecule has 0 amide bonds. The second-order valence-electron chi connectivity index (χ2n) is 5.48. The summed E-state index contributed by atoms with van der Waals surface area (Å²) in [5.41, 5.74) is 2.50. The summed E-state index contributed by atoms with van der Waals surface area (Å²) in [6.07, 6.45) is 1.26. The van der Waals surface area contributed by atoms with Crippen molar-refractivity contribution in [2.45, 2.75) is 19.4 Å². The first kappa shape index (κ1) is 16.3. The number of ether oxygens (including phenoxy) is 2. The minimum Gasteiger partial charge on any atom is -0.437 e. The fourth-order valence-electron chi connectivity index (χ4n) is 2.74. The predicted molar refractivity (Wildman–Crippen MR) is 91.5 cm³/mol. The van der Waals surface area contributed by atoms with Gasteiger partial charge in [0.15, 0.2) is 5.06 Å². The van der Waals surface area contributed by atoms with Crippen molar-refractivity contribution in [2.75, 3.05) is 20.2 Å². The molecule has 2 aromatic rings. The third-order valence-electron chi connectivity index (χ3n) is 3.87. The molecule has 0 atom stereocenters. The van der Waals surface area contributed by atoms with Crippen LogP contribution in [0.15, 0.2) is 30.3 Å². The number of methoxy groups -OCH3 is 1. The SMILES string of the molecule is COC(=O)Oc1cc2c(s1)CCN(Cc1cccc(Cl)c1)CC2. The Labute approximate surface area is 144 Å². The van der Waals surface area contributed by atoms with Crippen molar-refractivity contribution in [3.05, 3.63) is 51.4 Å². The van der Waals surface area contributed by atoms with Gasteiger partial charge in [0.25, 0.3) is 0 Å². The lowest BCUT2D eigenvalue weighted by Gasteiger charge is -2.19. The molecule has 0 bridgehead atoms. The zero-order valence-corrected chi connectivity index (χ0v) is 14.5. The summed E-state index contributed by atoms with van der Waals surface area (Å²) in [5.74, 6) is 0. The molecule has 4 nitrogen and oxygen atoms in total. The molecule has 0 radical (unpaired) electrons. The zero-order valence-electron chi connectivity index (χ0n) is 12.9. The van der Waals surface area contributed by atoms with Gasteiger partial charge in [-0.2, -0.15) is 0 Å². The third kappa shape index (κ3) is 4.25. The molecule has 0 spiro atoms. The molecule has 0 saturated heterocycles. The average molecular weight is 352 g/mol. The smallest absolute Gasteiger partial charge is 0.437 e.